The van der Waals surface area contributed by atoms with E-state index in [9.17, 15) is 13.2 Å². The second-order valence-electron chi connectivity index (χ2n) is 4.06. The smallest absolute Gasteiger partial charge is 0.291 e. The Hall–Kier alpha value is -0.260. The van der Waals surface area contributed by atoms with E-state index in [-0.39, 0.29) is 6.54 Å². The van der Waals surface area contributed by atoms with Gasteiger partial charge in [0.1, 0.15) is 0 Å². The predicted molar refractivity (Wildman–Crippen MR) is 70.8 cm³/mol. The van der Waals surface area contributed by atoms with Gasteiger partial charge in [-0.3, -0.25) is 4.90 Å². The third kappa shape index (κ3) is 5.59. The van der Waals surface area contributed by atoms with Crippen LogP contribution in [0.3, 0.4) is 0 Å². The van der Waals surface area contributed by atoms with Crippen molar-refractivity contribution in [3.8, 4) is 0 Å². The van der Waals surface area contributed by atoms with Crippen molar-refractivity contribution in [1.82, 2.24) is 4.90 Å². The summed E-state index contributed by atoms with van der Waals surface area (Å²) in [6, 6.07) is 5.21. The molecule has 0 aromatic heterocycles. The standard InChI is InChI=1S/C12H14BrClF3N/c1-2-5-18(8-12(15,16)17)7-9-3-4-10(13)6-11(9)14/h3-4,6H,2,5,7-8H2,1H3. The minimum absolute atomic E-state index is 0.208. The number of nitrogens with zero attached hydrogens (tertiary/aromatic N) is 1. The average Bonchev–Trinajstić information content (AvgIpc) is 2.20. The molecule has 0 fully saturated rings. The first-order valence-electron chi connectivity index (χ1n) is 5.55. The Morgan fingerprint density at radius 3 is 2.50 bits per heavy atom. The number of halogens is 5. The molecule has 0 bridgehead atoms. The molecule has 6 heteroatoms. The van der Waals surface area contributed by atoms with E-state index < -0.39 is 12.7 Å². The molecule has 0 unspecified atom stereocenters. The first kappa shape index (κ1) is 15.8. The summed E-state index contributed by atoms with van der Waals surface area (Å²) in [6.07, 6.45) is -3.51. The summed E-state index contributed by atoms with van der Waals surface area (Å²) in [5.41, 5.74) is 0.706. The highest BCUT2D eigenvalue weighted by atomic mass is 79.9. The van der Waals surface area contributed by atoms with Gasteiger partial charge in [-0.1, -0.05) is 40.5 Å². The Balaban J connectivity index is 2.76. The highest BCUT2D eigenvalue weighted by molar-refractivity contribution is 9.10. The zero-order valence-electron chi connectivity index (χ0n) is 9.90. The maximum absolute atomic E-state index is 12.4. The molecular weight excluding hydrogens is 330 g/mol. The van der Waals surface area contributed by atoms with Crippen LogP contribution in [-0.2, 0) is 6.54 Å². The lowest BCUT2D eigenvalue weighted by atomic mass is 10.2. The van der Waals surface area contributed by atoms with E-state index in [4.69, 9.17) is 11.6 Å². The summed E-state index contributed by atoms with van der Waals surface area (Å²) in [7, 11) is 0. The number of hydrogen-bond donors (Lipinski definition) is 0. The van der Waals surface area contributed by atoms with Crippen molar-refractivity contribution in [3.63, 3.8) is 0 Å². The van der Waals surface area contributed by atoms with Crippen LogP contribution >= 0.6 is 27.5 Å². The van der Waals surface area contributed by atoms with E-state index in [1.54, 1.807) is 18.2 Å². The first-order chi connectivity index (χ1) is 8.31. The van der Waals surface area contributed by atoms with Crippen LogP contribution in [0.4, 0.5) is 13.2 Å². The summed E-state index contributed by atoms with van der Waals surface area (Å²) in [6.45, 7) is 1.55. The van der Waals surface area contributed by atoms with Crippen molar-refractivity contribution in [2.24, 2.45) is 0 Å². The zero-order chi connectivity index (χ0) is 13.8. The molecule has 1 aromatic carbocycles. The van der Waals surface area contributed by atoms with E-state index in [1.807, 2.05) is 6.92 Å². The Bertz CT molecular complexity index is 395. The van der Waals surface area contributed by atoms with Gasteiger partial charge in [0.15, 0.2) is 0 Å². The van der Waals surface area contributed by atoms with E-state index in [1.165, 1.54) is 4.90 Å². The number of rotatable bonds is 5. The maximum atomic E-state index is 12.4. The van der Waals surface area contributed by atoms with Gasteiger partial charge in [0, 0.05) is 16.0 Å². The summed E-state index contributed by atoms with van der Waals surface area (Å²) >= 11 is 9.27. The third-order valence-corrected chi connectivity index (χ3v) is 3.20. The molecule has 0 heterocycles. The van der Waals surface area contributed by atoms with Gasteiger partial charge in [-0.2, -0.15) is 13.2 Å². The van der Waals surface area contributed by atoms with Crippen molar-refractivity contribution >= 4 is 27.5 Å². The molecule has 0 radical (unpaired) electrons. The van der Waals surface area contributed by atoms with Crippen LogP contribution in [0.2, 0.25) is 5.02 Å². The molecule has 1 aromatic rings. The largest absolute Gasteiger partial charge is 0.401 e. The fourth-order valence-corrected chi connectivity index (χ4v) is 2.41. The van der Waals surface area contributed by atoms with E-state index in [2.05, 4.69) is 15.9 Å². The highest BCUT2D eigenvalue weighted by Crippen LogP contribution is 2.24. The molecule has 0 aliphatic heterocycles. The van der Waals surface area contributed by atoms with Gasteiger partial charge in [0.2, 0.25) is 0 Å². The van der Waals surface area contributed by atoms with Crippen LogP contribution in [0, 0.1) is 0 Å². The number of hydrogen-bond acceptors (Lipinski definition) is 1. The van der Waals surface area contributed by atoms with Crippen LogP contribution in [-0.4, -0.2) is 24.2 Å². The molecule has 1 nitrogen and oxygen atoms in total. The fourth-order valence-electron chi connectivity index (χ4n) is 1.67. The SMILES string of the molecule is CCCN(Cc1ccc(Br)cc1Cl)CC(F)(F)F. The van der Waals surface area contributed by atoms with Crippen LogP contribution in [0.5, 0.6) is 0 Å². The van der Waals surface area contributed by atoms with Gasteiger partial charge < -0.3 is 0 Å². The molecule has 0 saturated heterocycles. The quantitative estimate of drug-likeness (QED) is 0.736. The minimum Gasteiger partial charge on any atom is -0.291 e. The van der Waals surface area contributed by atoms with Gasteiger partial charge in [0.25, 0.3) is 0 Å². The maximum Gasteiger partial charge on any atom is 0.401 e. The fraction of sp³-hybridized carbons (Fsp3) is 0.500. The topological polar surface area (TPSA) is 3.24 Å². The van der Waals surface area contributed by atoms with E-state index >= 15 is 0 Å². The second-order valence-corrected chi connectivity index (χ2v) is 5.38. The highest BCUT2D eigenvalue weighted by Gasteiger charge is 2.30. The molecule has 0 amide bonds. The van der Waals surface area contributed by atoms with E-state index in [0.29, 0.717) is 23.6 Å². The predicted octanol–water partition coefficient (Wildman–Crippen LogP) is 4.88. The molecule has 1 rings (SSSR count). The third-order valence-electron chi connectivity index (χ3n) is 2.35. The van der Waals surface area contributed by atoms with Gasteiger partial charge in [-0.25, -0.2) is 0 Å². The van der Waals surface area contributed by atoms with Crippen molar-refractivity contribution in [1.29, 1.82) is 0 Å². The van der Waals surface area contributed by atoms with Crippen molar-refractivity contribution in [2.75, 3.05) is 13.1 Å². The van der Waals surface area contributed by atoms with Crippen molar-refractivity contribution < 1.29 is 13.2 Å². The normalized spacial score (nSPS) is 12.2. The molecule has 102 valence electrons. The number of alkyl halides is 3. The van der Waals surface area contributed by atoms with Crippen molar-refractivity contribution in [3.05, 3.63) is 33.3 Å². The second kappa shape index (κ2) is 6.78. The molecule has 0 spiro atoms. The molecule has 0 aliphatic rings. The van der Waals surface area contributed by atoms with Gasteiger partial charge in [0.05, 0.1) is 6.54 Å². The van der Waals surface area contributed by atoms with Crippen molar-refractivity contribution in [2.45, 2.75) is 26.1 Å². The van der Waals surface area contributed by atoms with Crippen LogP contribution in [0.25, 0.3) is 0 Å². The molecular formula is C12H14BrClF3N. The van der Waals surface area contributed by atoms with E-state index in [0.717, 1.165) is 4.47 Å². The lowest BCUT2D eigenvalue weighted by Gasteiger charge is -2.23. The first-order valence-corrected chi connectivity index (χ1v) is 6.72. The van der Waals surface area contributed by atoms with Gasteiger partial charge >= 0.3 is 6.18 Å². The monoisotopic (exact) mass is 343 g/mol. The summed E-state index contributed by atoms with van der Waals surface area (Å²) in [5.74, 6) is 0. The molecule has 18 heavy (non-hydrogen) atoms. The van der Waals surface area contributed by atoms with Gasteiger partial charge in [-0.15, -0.1) is 0 Å². The number of benzene rings is 1. The minimum atomic E-state index is -4.18. The lowest BCUT2D eigenvalue weighted by molar-refractivity contribution is -0.147. The summed E-state index contributed by atoms with van der Waals surface area (Å²) in [5, 5.41) is 0.479. The Labute approximate surface area is 118 Å². The van der Waals surface area contributed by atoms with Gasteiger partial charge in [-0.05, 0) is 30.7 Å². The molecule has 0 atom stereocenters. The average molecular weight is 345 g/mol. The summed E-state index contributed by atoms with van der Waals surface area (Å²) in [4.78, 5) is 1.36. The molecule has 0 aliphatic carbocycles. The molecule has 0 N–H and O–H groups in total. The lowest BCUT2D eigenvalue weighted by Crippen LogP contribution is -2.34. The Kier molecular flexibility index (Phi) is 5.95. The Morgan fingerprint density at radius 1 is 1.33 bits per heavy atom. The molecule has 0 saturated carbocycles. The summed E-state index contributed by atoms with van der Waals surface area (Å²) < 4.78 is 38.1. The zero-order valence-corrected chi connectivity index (χ0v) is 12.2. The van der Waals surface area contributed by atoms with Crippen LogP contribution < -0.4 is 0 Å². The Morgan fingerprint density at radius 2 is 2.00 bits per heavy atom. The van der Waals surface area contributed by atoms with Crippen LogP contribution in [0.1, 0.15) is 18.9 Å². The van der Waals surface area contributed by atoms with Crippen LogP contribution in [0.15, 0.2) is 22.7 Å².